The van der Waals surface area contributed by atoms with E-state index in [-0.39, 0.29) is 36.5 Å². The number of amides is 2. The SMILES string of the molecule is O=C(CN1C(=O)CSc2cccn2-c2ccccc21)NCc1ccc(F)cc1. The van der Waals surface area contributed by atoms with Crippen LogP contribution in [-0.4, -0.2) is 28.7 Å². The summed E-state index contributed by atoms with van der Waals surface area (Å²) in [6.45, 7) is 0.202. The second-order valence-electron chi connectivity index (χ2n) is 6.38. The van der Waals surface area contributed by atoms with Crippen LogP contribution in [0.15, 0.2) is 71.9 Å². The van der Waals surface area contributed by atoms with Gasteiger partial charge in [-0.3, -0.25) is 9.59 Å². The van der Waals surface area contributed by atoms with E-state index in [2.05, 4.69) is 5.32 Å². The number of hydrogen-bond acceptors (Lipinski definition) is 3. The van der Waals surface area contributed by atoms with Crippen molar-refractivity contribution in [2.45, 2.75) is 11.6 Å². The molecule has 1 aromatic heterocycles. The average Bonchev–Trinajstić information content (AvgIpc) is 3.17. The minimum atomic E-state index is -0.320. The molecule has 0 fully saturated rings. The Morgan fingerprint density at radius 2 is 1.79 bits per heavy atom. The van der Waals surface area contributed by atoms with Crippen molar-refractivity contribution < 1.29 is 14.0 Å². The van der Waals surface area contributed by atoms with Crippen LogP contribution in [0.25, 0.3) is 5.69 Å². The molecule has 2 heterocycles. The van der Waals surface area contributed by atoms with Gasteiger partial charge in [0.2, 0.25) is 11.8 Å². The largest absolute Gasteiger partial charge is 0.350 e. The molecular weight excluding hydrogens is 377 g/mol. The van der Waals surface area contributed by atoms with Crippen molar-refractivity contribution in [1.82, 2.24) is 9.88 Å². The van der Waals surface area contributed by atoms with Crippen LogP contribution in [0.1, 0.15) is 5.56 Å². The normalized spacial score (nSPS) is 13.3. The maximum Gasteiger partial charge on any atom is 0.240 e. The Kier molecular flexibility index (Phi) is 5.16. The molecule has 0 aliphatic carbocycles. The molecule has 1 aliphatic heterocycles. The van der Waals surface area contributed by atoms with Gasteiger partial charge in [0.05, 0.1) is 22.2 Å². The highest BCUT2D eigenvalue weighted by atomic mass is 32.2. The van der Waals surface area contributed by atoms with Gasteiger partial charge in [0, 0.05) is 12.7 Å². The Balaban J connectivity index is 1.54. The molecule has 2 aromatic carbocycles. The highest BCUT2D eigenvalue weighted by molar-refractivity contribution is 7.99. The van der Waals surface area contributed by atoms with Crippen LogP contribution in [0.4, 0.5) is 10.1 Å². The molecule has 0 saturated carbocycles. The molecule has 2 amide bonds. The fraction of sp³-hybridized carbons (Fsp3) is 0.143. The number of anilines is 1. The van der Waals surface area contributed by atoms with Crippen LogP contribution >= 0.6 is 11.8 Å². The lowest BCUT2D eigenvalue weighted by atomic mass is 10.2. The van der Waals surface area contributed by atoms with E-state index in [9.17, 15) is 14.0 Å². The second-order valence-corrected chi connectivity index (χ2v) is 7.37. The van der Waals surface area contributed by atoms with E-state index in [1.54, 1.807) is 12.1 Å². The number of fused-ring (bicyclic) bond motifs is 3. The Morgan fingerprint density at radius 1 is 1.04 bits per heavy atom. The summed E-state index contributed by atoms with van der Waals surface area (Å²) in [4.78, 5) is 26.8. The maximum absolute atomic E-state index is 13.0. The summed E-state index contributed by atoms with van der Waals surface area (Å²) in [5.74, 6) is -0.462. The van der Waals surface area contributed by atoms with Crippen LogP contribution in [-0.2, 0) is 16.1 Å². The molecule has 4 rings (SSSR count). The van der Waals surface area contributed by atoms with Crippen molar-refractivity contribution in [3.05, 3.63) is 78.2 Å². The van der Waals surface area contributed by atoms with Crippen molar-refractivity contribution >= 4 is 29.3 Å². The first-order valence-corrected chi connectivity index (χ1v) is 9.81. The van der Waals surface area contributed by atoms with Crippen LogP contribution in [0.2, 0.25) is 0 Å². The minimum absolute atomic E-state index is 0.0752. The number of nitrogens with zero attached hydrogens (tertiary/aromatic N) is 2. The summed E-state index contributed by atoms with van der Waals surface area (Å²) in [5.41, 5.74) is 2.35. The zero-order valence-corrected chi connectivity index (χ0v) is 15.8. The molecule has 0 spiro atoms. The van der Waals surface area contributed by atoms with E-state index < -0.39 is 0 Å². The molecule has 0 saturated heterocycles. The second kappa shape index (κ2) is 7.90. The molecule has 1 N–H and O–H groups in total. The molecule has 0 bridgehead atoms. The lowest BCUT2D eigenvalue weighted by molar-refractivity contribution is -0.123. The molecule has 0 atom stereocenters. The number of carbonyl (C=O) groups excluding carboxylic acids is 2. The number of benzene rings is 2. The average molecular weight is 395 g/mol. The smallest absolute Gasteiger partial charge is 0.240 e. The van der Waals surface area contributed by atoms with Crippen LogP contribution < -0.4 is 10.2 Å². The van der Waals surface area contributed by atoms with Crippen molar-refractivity contribution in [3.63, 3.8) is 0 Å². The van der Waals surface area contributed by atoms with Gasteiger partial charge < -0.3 is 14.8 Å². The number of para-hydroxylation sites is 2. The van der Waals surface area contributed by atoms with Crippen LogP contribution in [0, 0.1) is 5.82 Å². The summed E-state index contributed by atoms with van der Waals surface area (Å²) < 4.78 is 15.0. The van der Waals surface area contributed by atoms with E-state index in [0.29, 0.717) is 5.69 Å². The third-order valence-corrected chi connectivity index (χ3v) is 5.51. The monoisotopic (exact) mass is 395 g/mol. The molecule has 5 nitrogen and oxygen atoms in total. The highest BCUT2D eigenvalue weighted by Crippen LogP contribution is 2.32. The topological polar surface area (TPSA) is 54.3 Å². The Hall–Kier alpha value is -3.06. The summed E-state index contributed by atoms with van der Waals surface area (Å²) in [7, 11) is 0. The van der Waals surface area contributed by atoms with E-state index in [0.717, 1.165) is 16.3 Å². The van der Waals surface area contributed by atoms with Crippen molar-refractivity contribution in [2.24, 2.45) is 0 Å². The van der Waals surface area contributed by atoms with E-state index in [4.69, 9.17) is 0 Å². The minimum Gasteiger partial charge on any atom is -0.350 e. The summed E-state index contributed by atoms with van der Waals surface area (Å²) in [5, 5.41) is 3.79. The summed E-state index contributed by atoms with van der Waals surface area (Å²) >= 11 is 1.45. The maximum atomic E-state index is 13.0. The first-order chi connectivity index (χ1) is 13.6. The molecule has 142 valence electrons. The Labute approximate surface area is 166 Å². The van der Waals surface area contributed by atoms with Crippen LogP contribution in [0.5, 0.6) is 0 Å². The number of thioether (sulfide) groups is 1. The summed E-state index contributed by atoms with van der Waals surface area (Å²) in [6, 6.07) is 17.4. The summed E-state index contributed by atoms with van der Waals surface area (Å²) in [6.07, 6.45) is 1.95. The lowest BCUT2D eigenvalue weighted by Gasteiger charge is -2.27. The highest BCUT2D eigenvalue weighted by Gasteiger charge is 2.25. The van der Waals surface area contributed by atoms with Gasteiger partial charge in [0.1, 0.15) is 12.4 Å². The number of rotatable bonds is 4. The van der Waals surface area contributed by atoms with Gasteiger partial charge in [-0.1, -0.05) is 36.0 Å². The number of aromatic nitrogens is 1. The third-order valence-electron chi connectivity index (χ3n) is 4.49. The van der Waals surface area contributed by atoms with Crippen LogP contribution in [0.3, 0.4) is 0 Å². The van der Waals surface area contributed by atoms with Gasteiger partial charge in [0.15, 0.2) is 0 Å². The van der Waals surface area contributed by atoms with Gasteiger partial charge in [0.25, 0.3) is 0 Å². The van der Waals surface area contributed by atoms with E-state index >= 15 is 0 Å². The molecule has 3 aromatic rings. The Bertz CT molecular complexity index is 1020. The van der Waals surface area contributed by atoms with Gasteiger partial charge in [-0.05, 0) is 42.0 Å². The standard InChI is InChI=1S/C21H18FN3O2S/c22-16-9-7-15(8-10-16)12-23-19(26)13-25-18-5-2-1-4-17(18)24-11-3-6-21(24)28-14-20(25)27/h1-11H,12-14H2,(H,23,26). The van der Waals surface area contributed by atoms with Gasteiger partial charge in [-0.25, -0.2) is 4.39 Å². The number of nitrogens with one attached hydrogen (secondary N) is 1. The number of halogens is 1. The predicted molar refractivity (Wildman–Crippen MR) is 107 cm³/mol. The Morgan fingerprint density at radius 3 is 2.57 bits per heavy atom. The van der Waals surface area contributed by atoms with Crippen molar-refractivity contribution in [2.75, 3.05) is 17.2 Å². The zero-order chi connectivity index (χ0) is 19.5. The predicted octanol–water partition coefficient (Wildman–Crippen LogP) is 3.37. The first kappa shape index (κ1) is 18.3. The fourth-order valence-corrected chi connectivity index (χ4v) is 4.00. The molecule has 28 heavy (non-hydrogen) atoms. The van der Waals surface area contributed by atoms with E-state index in [1.165, 1.54) is 28.8 Å². The first-order valence-electron chi connectivity index (χ1n) is 8.83. The molecular formula is C21H18FN3O2S. The molecule has 7 heteroatoms. The van der Waals surface area contributed by atoms with Crippen molar-refractivity contribution in [3.8, 4) is 5.69 Å². The zero-order valence-electron chi connectivity index (χ0n) is 15.0. The molecule has 0 unspecified atom stereocenters. The fourth-order valence-electron chi connectivity index (χ4n) is 3.10. The number of hydrogen-bond donors (Lipinski definition) is 1. The van der Waals surface area contributed by atoms with Gasteiger partial charge in [-0.2, -0.15) is 0 Å². The quantitative estimate of drug-likeness (QED) is 0.737. The third kappa shape index (κ3) is 3.80. The number of carbonyl (C=O) groups is 2. The lowest BCUT2D eigenvalue weighted by Crippen LogP contribution is -2.42. The van der Waals surface area contributed by atoms with Gasteiger partial charge >= 0.3 is 0 Å². The van der Waals surface area contributed by atoms with E-state index in [1.807, 2.05) is 47.2 Å². The molecule has 1 aliphatic rings. The van der Waals surface area contributed by atoms with Crippen molar-refractivity contribution in [1.29, 1.82) is 0 Å². The molecule has 0 radical (unpaired) electrons. The van der Waals surface area contributed by atoms with Gasteiger partial charge in [-0.15, -0.1) is 0 Å².